The predicted octanol–water partition coefficient (Wildman–Crippen LogP) is 24.5. The van der Waals surface area contributed by atoms with Crippen LogP contribution in [-0.2, 0) is 65.4 Å². The van der Waals surface area contributed by atoms with E-state index in [-0.39, 0.29) is 25.7 Å². The summed E-state index contributed by atoms with van der Waals surface area (Å²) in [4.78, 5) is 73.0. The number of carbonyl (C=O) groups is 4. The Labute approximate surface area is 619 Å². The van der Waals surface area contributed by atoms with Crippen LogP contribution in [-0.4, -0.2) is 96.7 Å². The highest BCUT2D eigenvalue weighted by Gasteiger charge is 2.30. The molecular formula is C82H160O17P2. The van der Waals surface area contributed by atoms with Crippen LogP contribution in [0.25, 0.3) is 0 Å². The molecule has 0 rings (SSSR count). The molecule has 0 saturated heterocycles. The Kier molecular flexibility index (Phi) is 70.9. The monoisotopic (exact) mass is 1480 g/mol. The van der Waals surface area contributed by atoms with Crippen LogP contribution in [0.4, 0.5) is 0 Å². The summed E-state index contributed by atoms with van der Waals surface area (Å²) in [6, 6.07) is 0. The van der Waals surface area contributed by atoms with E-state index >= 15 is 0 Å². The fourth-order valence-corrected chi connectivity index (χ4v) is 14.2. The number of rotatable bonds is 80. The van der Waals surface area contributed by atoms with Gasteiger partial charge in [0.1, 0.15) is 19.3 Å². The Morgan fingerprint density at radius 2 is 0.455 bits per heavy atom. The topological polar surface area (TPSA) is 237 Å². The van der Waals surface area contributed by atoms with Gasteiger partial charge in [0.25, 0.3) is 0 Å². The second-order valence-corrected chi connectivity index (χ2v) is 33.8. The van der Waals surface area contributed by atoms with Crippen molar-refractivity contribution in [3.8, 4) is 0 Å². The van der Waals surface area contributed by atoms with Crippen molar-refractivity contribution < 1.29 is 80.2 Å². The van der Waals surface area contributed by atoms with Gasteiger partial charge in [-0.25, -0.2) is 9.13 Å². The van der Waals surface area contributed by atoms with Crippen molar-refractivity contribution in [2.24, 2.45) is 17.8 Å². The Hall–Kier alpha value is -1.94. The van der Waals surface area contributed by atoms with Gasteiger partial charge >= 0.3 is 39.5 Å². The lowest BCUT2D eigenvalue weighted by atomic mass is 10.0. The zero-order valence-corrected chi connectivity index (χ0v) is 68.2. The molecule has 0 heterocycles. The summed E-state index contributed by atoms with van der Waals surface area (Å²) in [5, 5.41) is 10.6. The van der Waals surface area contributed by atoms with E-state index < -0.39 is 97.5 Å². The number of ether oxygens (including phenoxy) is 4. The van der Waals surface area contributed by atoms with Crippen molar-refractivity contribution in [2.75, 3.05) is 39.6 Å². The largest absolute Gasteiger partial charge is 0.472 e. The van der Waals surface area contributed by atoms with Crippen LogP contribution >= 0.6 is 15.6 Å². The van der Waals surface area contributed by atoms with Crippen molar-refractivity contribution in [1.29, 1.82) is 0 Å². The van der Waals surface area contributed by atoms with Crippen LogP contribution in [0, 0.1) is 17.8 Å². The molecule has 17 nitrogen and oxygen atoms in total. The molecule has 101 heavy (non-hydrogen) atoms. The van der Waals surface area contributed by atoms with Gasteiger partial charge in [-0.15, -0.1) is 0 Å². The number of hydrogen-bond acceptors (Lipinski definition) is 15. The van der Waals surface area contributed by atoms with E-state index in [2.05, 4.69) is 48.5 Å². The Bertz CT molecular complexity index is 1960. The van der Waals surface area contributed by atoms with Crippen LogP contribution in [0.15, 0.2) is 0 Å². The third-order valence-electron chi connectivity index (χ3n) is 19.1. The molecule has 19 heteroatoms. The molecule has 0 amide bonds. The number of esters is 4. The average molecular weight is 1480 g/mol. The molecule has 600 valence electrons. The Morgan fingerprint density at radius 1 is 0.267 bits per heavy atom. The van der Waals surface area contributed by atoms with Gasteiger partial charge < -0.3 is 33.8 Å². The first-order valence-electron chi connectivity index (χ1n) is 42.3. The number of phosphoric acid groups is 2. The maximum atomic E-state index is 13.1. The minimum atomic E-state index is -4.96. The molecule has 3 N–H and O–H groups in total. The molecule has 2 unspecified atom stereocenters. The van der Waals surface area contributed by atoms with Crippen molar-refractivity contribution >= 4 is 39.5 Å². The number of phosphoric ester groups is 2. The van der Waals surface area contributed by atoms with Gasteiger partial charge in [0.05, 0.1) is 26.4 Å². The number of aliphatic hydroxyl groups is 1. The van der Waals surface area contributed by atoms with E-state index in [9.17, 15) is 43.2 Å². The molecule has 0 fully saturated rings. The summed E-state index contributed by atoms with van der Waals surface area (Å²) >= 11 is 0. The molecule has 0 aromatic carbocycles. The zero-order chi connectivity index (χ0) is 74.4. The minimum absolute atomic E-state index is 0.105. The molecule has 0 saturated carbocycles. The summed E-state index contributed by atoms with van der Waals surface area (Å²) < 4.78 is 68.7. The van der Waals surface area contributed by atoms with E-state index in [0.29, 0.717) is 25.7 Å². The number of aliphatic hydroxyl groups excluding tert-OH is 1. The summed E-state index contributed by atoms with van der Waals surface area (Å²) in [5.74, 6) is 0.172. The molecule has 0 spiro atoms. The second kappa shape index (κ2) is 72.3. The van der Waals surface area contributed by atoms with Crippen molar-refractivity contribution in [1.82, 2.24) is 0 Å². The van der Waals surface area contributed by atoms with Crippen LogP contribution in [0.1, 0.15) is 427 Å². The Morgan fingerprint density at radius 3 is 0.673 bits per heavy atom. The fourth-order valence-electron chi connectivity index (χ4n) is 12.7. The Balaban J connectivity index is 5.23. The van der Waals surface area contributed by atoms with Gasteiger partial charge in [-0.05, 0) is 43.4 Å². The highest BCUT2D eigenvalue weighted by molar-refractivity contribution is 7.47. The third-order valence-corrected chi connectivity index (χ3v) is 21.0. The van der Waals surface area contributed by atoms with Crippen molar-refractivity contribution in [3.05, 3.63) is 0 Å². The summed E-state index contributed by atoms with van der Waals surface area (Å²) in [6.45, 7) is 11.9. The van der Waals surface area contributed by atoms with Gasteiger partial charge in [0, 0.05) is 25.7 Å². The molecule has 0 bridgehead atoms. The molecule has 0 aromatic heterocycles. The molecule has 0 aliphatic heterocycles. The fraction of sp³-hybridized carbons (Fsp3) is 0.951. The standard InChI is InChI=1S/C82H160O17P2/c1-8-9-10-11-12-13-14-15-16-19-23-26-29-34-42-49-56-63-79(84)92-69-77(98-81(86)65-58-51-44-35-30-27-24-21-18-17-20-22-25-28-32-39-46-53-60-73(2)3)71-96-100(88,89)94-67-76(83)68-95-101(90,91)97-72-78(70-93-80(85)64-57-50-43-38-37-41-48-55-62-75(6)7)99-82(87)66-59-52-45-36-31-33-40-47-54-61-74(4)5/h73-78,83H,8-72H2,1-7H3,(H,88,89)(H,90,91)/t76-,77-,78-/m1/s1. The van der Waals surface area contributed by atoms with Crippen LogP contribution in [0.2, 0.25) is 0 Å². The van der Waals surface area contributed by atoms with E-state index in [1.165, 1.54) is 238 Å². The summed E-state index contributed by atoms with van der Waals surface area (Å²) in [5.41, 5.74) is 0. The average Bonchev–Trinajstić information content (AvgIpc) is 0.930. The molecule has 0 aliphatic carbocycles. The molecule has 0 radical (unpaired) electrons. The van der Waals surface area contributed by atoms with E-state index in [1.54, 1.807) is 0 Å². The van der Waals surface area contributed by atoms with Gasteiger partial charge in [-0.1, -0.05) is 376 Å². The third kappa shape index (κ3) is 76.1. The van der Waals surface area contributed by atoms with E-state index in [4.69, 9.17) is 37.0 Å². The van der Waals surface area contributed by atoms with E-state index in [1.807, 2.05) is 0 Å². The first-order chi connectivity index (χ1) is 48.7. The van der Waals surface area contributed by atoms with Gasteiger partial charge in [0.2, 0.25) is 0 Å². The SMILES string of the molecule is CCCCCCCCCCCCCCCCCCCC(=O)OC[C@H](COP(=O)(O)OC[C@@H](O)COP(=O)(O)OC[C@@H](COC(=O)CCCCCCCCCCC(C)C)OC(=O)CCCCCCCCCCCC(C)C)OC(=O)CCCCCCCCCCCCCCCCCCCCC(C)C. The quantitative estimate of drug-likeness (QED) is 0.0222. The van der Waals surface area contributed by atoms with Crippen molar-refractivity contribution in [2.45, 2.75) is 446 Å². The van der Waals surface area contributed by atoms with Gasteiger partial charge in [0.15, 0.2) is 12.2 Å². The smallest absolute Gasteiger partial charge is 0.462 e. The first-order valence-corrected chi connectivity index (χ1v) is 45.3. The highest BCUT2D eigenvalue weighted by atomic mass is 31.2. The maximum Gasteiger partial charge on any atom is 0.472 e. The van der Waals surface area contributed by atoms with Gasteiger partial charge in [-0.2, -0.15) is 0 Å². The van der Waals surface area contributed by atoms with Crippen molar-refractivity contribution in [3.63, 3.8) is 0 Å². The lowest BCUT2D eigenvalue weighted by molar-refractivity contribution is -0.161. The first kappa shape index (κ1) is 99.1. The normalized spacial score (nSPS) is 14.0. The predicted molar refractivity (Wildman–Crippen MR) is 414 cm³/mol. The second-order valence-electron chi connectivity index (χ2n) is 30.9. The number of hydrogen-bond donors (Lipinski definition) is 3. The van der Waals surface area contributed by atoms with Crippen LogP contribution in [0.3, 0.4) is 0 Å². The van der Waals surface area contributed by atoms with E-state index in [0.717, 1.165) is 108 Å². The summed E-state index contributed by atoms with van der Waals surface area (Å²) in [6.07, 6.45) is 61.2. The summed E-state index contributed by atoms with van der Waals surface area (Å²) in [7, 11) is -9.92. The van der Waals surface area contributed by atoms with Gasteiger partial charge in [-0.3, -0.25) is 37.3 Å². The minimum Gasteiger partial charge on any atom is -0.462 e. The van der Waals surface area contributed by atoms with Crippen LogP contribution in [0.5, 0.6) is 0 Å². The number of carbonyl (C=O) groups excluding carboxylic acids is 4. The zero-order valence-electron chi connectivity index (χ0n) is 66.4. The molecule has 0 aromatic rings. The molecule has 5 atom stereocenters. The van der Waals surface area contributed by atoms with Crippen LogP contribution < -0.4 is 0 Å². The maximum absolute atomic E-state index is 13.1. The highest BCUT2D eigenvalue weighted by Crippen LogP contribution is 2.45. The lowest BCUT2D eigenvalue weighted by Gasteiger charge is -2.21. The lowest BCUT2D eigenvalue weighted by Crippen LogP contribution is -2.30. The number of unbranched alkanes of at least 4 members (excludes halogenated alkanes) is 48. The molecular weight excluding hydrogens is 1320 g/mol. The molecule has 0 aliphatic rings.